The molecule has 116 valence electrons. The van der Waals surface area contributed by atoms with Gasteiger partial charge in [0, 0.05) is 12.4 Å². The Morgan fingerprint density at radius 3 is 2.35 bits per heavy atom. The van der Waals surface area contributed by atoms with Gasteiger partial charge in [-0.3, -0.25) is 0 Å². The molecule has 10 nitrogen and oxygen atoms in total. The minimum absolute atomic E-state index is 0.123. The summed E-state index contributed by atoms with van der Waals surface area (Å²) >= 11 is 5.44. The summed E-state index contributed by atoms with van der Waals surface area (Å²) in [5.74, 6) is -0.123. The maximum Gasteiger partial charge on any atom is 0.341 e. The summed E-state index contributed by atoms with van der Waals surface area (Å²) in [6.07, 6.45) is -5.35. The van der Waals surface area contributed by atoms with Crippen molar-refractivity contribution in [1.29, 1.82) is 0 Å². The van der Waals surface area contributed by atoms with Crippen molar-refractivity contribution >= 4 is 23.9 Å². The molecular weight excluding hydrogens is 298 g/mol. The molecule has 4 atom stereocenters. The summed E-state index contributed by atoms with van der Waals surface area (Å²) in [5, 5.41) is 39.3. The third-order valence-corrected chi connectivity index (χ3v) is 2.68. The molecule has 0 saturated carbocycles. The predicted octanol–water partition coefficient (Wildman–Crippen LogP) is -2.44. The minimum Gasteiger partial charge on any atom is -0.394 e. The molecule has 20 heavy (non-hydrogen) atoms. The van der Waals surface area contributed by atoms with E-state index in [9.17, 15) is 29.8 Å². The van der Waals surface area contributed by atoms with Gasteiger partial charge in [0.05, 0.1) is 11.9 Å². The van der Waals surface area contributed by atoms with Crippen LogP contribution < -0.4 is 5.43 Å². The van der Waals surface area contributed by atoms with Crippen molar-refractivity contribution < 1.29 is 30.0 Å². The number of aldehydes is 1. The SMILES string of the molecule is O=C[C@H]([C@@H](O)[C@H](O)[C@H](O)CO)N(CCCl)C(=O)NN=O. The number of rotatable bonds is 9. The first-order chi connectivity index (χ1) is 9.44. The van der Waals surface area contributed by atoms with Crippen LogP contribution in [0.4, 0.5) is 4.79 Å². The highest BCUT2D eigenvalue weighted by Crippen LogP contribution is 2.11. The van der Waals surface area contributed by atoms with Crippen molar-refractivity contribution in [2.45, 2.75) is 24.4 Å². The zero-order valence-corrected chi connectivity index (χ0v) is 11.0. The number of hydrogen-bond donors (Lipinski definition) is 5. The second-order valence-electron chi connectivity index (χ2n) is 3.75. The van der Waals surface area contributed by atoms with Gasteiger partial charge >= 0.3 is 6.03 Å². The molecule has 0 bridgehead atoms. The number of aliphatic hydroxyl groups excluding tert-OH is 4. The lowest BCUT2D eigenvalue weighted by molar-refractivity contribution is -0.126. The molecule has 0 saturated heterocycles. The topological polar surface area (TPSA) is 160 Å². The first-order valence-electron chi connectivity index (χ1n) is 5.49. The number of alkyl halides is 1. The summed E-state index contributed by atoms with van der Waals surface area (Å²) < 4.78 is 0. The molecule has 2 amide bonds. The van der Waals surface area contributed by atoms with E-state index in [0.29, 0.717) is 4.90 Å². The molecule has 0 aromatic rings. The fourth-order valence-corrected chi connectivity index (χ4v) is 1.64. The van der Waals surface area contributed by atoms with Crippen LogP contribution in [0.1, 0.15) is 0 Å². The number of aliphatic hydroxyl groups is 4. The second-order valence-corrected chi connectivity index (χ2v) is 4.13. The number of carbonyl (C=O) groups excluding carboxylic acids is 2. The fourth-order valence-electron chi connectivity index (χ4n) is 1.46. The van der Waals surface area contributed by atoms with Gasteiger partial charge < -0.3 is 30.1 Å². The first-order valence-corrected chi connectivity index (χ1v) is 6.03. The molecule has 0 aliphatic rings. The standard InChI is InChI=1S/C9H16ClN3O7/c10-1-2-13(9(19)11-12-20)5(3-14)7(17)8(18)6(16)4-15/h3,5-8,15-18H,1-2,4H2,(H,11,19,20)/t5-,6-,7-,8-/m1/s1. The van der Waals surface area contributed by atoms with Crippen LogP contribution in [0.25, 0.3) is 0 Å². The van der Waals surface area contributed by atoms with Crippen LogP contribution in [0, 0.1) is 4.91 Å². The molecule has 0 heterocycles. The Balaban J connectivity index is 5.10. The van der Waals surface area contributed by atoms with Crippen LogP contribution in [0.3, 0.4) is 0 Å². The number of nitroso groups, excluding NO2 is 1. The summed E-state index contributed by atoms with van der Waals surface area (Å²) in [6.45, 7) is -1.09. The van der Waals surface area contributed by atoms with Gasteiger partial charge in [-0.05, 0) is 0 Å². The number of carbonyl (C=O) groups is 2. The van der Waals surface area contributed by atoms with Gasteiger partial charge in [-0.15, -0.1) is 16.5 Å². The average molecular weight is 314 g/mol. The number of urea groups is 1. The van der Waals surface area contributed by atoms with Gasteiger partial charge in [-0.2, -0.15) is 5.43 Å². The first kappa shape index (κ1) is 18.7. The number of nitrogens with zero attached hydrogens (tertiary/aromatic N) is 2. The van der Waals surface area contributed by atoms with Crippen molar-refractivity contribution in [2.24, 2.45) is 5.29 Å². The molecule has 11 heteroatoms. The van der Waals surface area contributed by atoms with E-state index in [1.54, 1.807) is 0 Å². The highest BCUT2D eigenvalue weighted by molar-refractivity contribution is 6.18. The van der Waals surface area contributed by atoms with Crippen LogP contribution in [0.5, 0.6) is 0 Å². The van der Waals surface area contributed by atoms with E-state index in [0.717, 1.165) is 0 Å². The van der Waals surface area contributed by atoms with Gasteiger partial charge in [0.1, 0.15) is 30.6 Å². The van der Waals surface area contributed by atoms with Crippen molar-refractivity contribution in [3.63, 3.8) is 0 Å². The minimum atomic E-state index is -1.89. The Labute approximate surface area is 118 Å². The third-order valence-electron chi connectivity index (χ3n) is 2.51. The summed E-state index contributed by atoms with van der Waals surface area (Å²) in [4.78, 5) is 33.1. The lowest BCUT2D eigenvalue weighted by Crippen LogP contribution is -2.57. The number of amides is 2. The molecule has 0 aromatic heterocycles. The van der Waals surface area contributed by atoms with E-state index < -0.39 is 37.0 Å². The highest BCUT2D eigenvalue weighted by atomic mass is 35.5. The van der Waals surface area contributed by atoms with E-state index in [-0.39, 0.29) is 18.7 Å². The predicted molar refractivity (Wildman–Crippen MR) is 66.7 cm³/mol. The largest absolute Gasteiger partial charge is 0.394 e. The van der Waals surface area contributed by atoms with Gasteiger partial charge in [0.25, 0.3) is 0 Å². The lowest BCUT2D eigenvalue weighted by atomic mass is 10.0. The molecule has 0 aliphatic carbocycles. The summed E-state index contributed by atoms with van der Waals surface area (Å²) in [7, 11) is 0. The zero-order valence-electron chi connectivity index (χ0n) is 10.3. The number of nitrogens with one attached hydrogen (secondary N) is 1. The quantitative estimate of drug-likeness (QED) is 0.137. The van der Waals surface area contributed by atoms with Gasteiger partial charge in [0.2, 0.25) is 0 Å². The van der Waals surface area contributed by atoms with Gasteiger partial charge in [-0.25, -0.2) is 4.79 Å². The van der Waals surface area contributed by atoms with E-state index in [4.69, 9.17) is 16.7 Å². The van der Waals surface area contributed by atoms with Crippen molar-refractivity contribution in [2.75, 3.05) is 19.0 Å². The van der Waals surface area contributed by atoms with E-state index in [1.807, 2.05) is 0 Å². The Bertz CT molecular complexity index is 333. The fraction of sp³-hybridized carbons (Fsp3) is 0.778. The number of halogens is 1. The van der Waals surface area contributed by atoms with Crippen LogP contribution in [-0.4, -0.2) is 81.0 Å². The molecule has 0 rings (SSSR count). The van der Waals surface area contributed by atoms with Crippen molar-refractivity contribution in [3.05, 3.63) is 4.91 Å². The Morgan fingerprint density at radius 2 is 1.95 bits per heavy atom. The molecule has 0 aliphatic heterocycles. The molecule has 5 N–H and O–H groups in total. The average Bonchev–Trinajstić information content (AvgIpc) is 2.45. The van der Waals surface area contributed by atoms with Gasteiger partial charge in [-0.1, -0.05) is 0 Å². The van der Waals surface area contributed by atoms with E-state index in [2.05, 4.69) is 5.29 Å². The van der Waals surface area contributed by atoms with Crippen molar-refractivity contribution in [1.82, 2.24) is 10.3 Å². The molecule has 0 unspecified atom stereocenters. The van der Waals surface area contributed by atoms with Crippen molar-refractivity contribution in [3.8, 4) is 0 Å². The van der Waals surface area contributed by atoms with E-state index in [1.165, 1.54) is 5.43 Å². The lowest BCUT2D eigenvalue weighted by Gasteiger charge is -2.33. The molecular formula is C9H16ClN3O7. The summed E-state index contributed by atoms with van der Waals surface area (Å²) in [6, 6.07) is -2.70. The zero-order chi connectivity index (χ0) is 15.7. The Kier molecular flexibility index (Phi) is 8.92. The van der Waals surface area contributed by atoms with Crippen LogP contribution in [-0.2, 0) is 4.79 Å². The Hall–Kier alpha value is -1.33. The molecule has 0 fully saturated rings. The maximum absolute atomic E-state index is 11.5. The van der Waals surface area contributed by atoms with E-state index >= 15 is 0 Å². The number of hydrogen-bond acceptors (Lipinski definition) is 8. The van der Waals surface area contributed by atoms with Crippen LogP contribution in [0.2, 0.25) is 0 Å². The van der Waals surface area contributed by atoms with Crippen LogP contribution in [0.15, 0.2) is 5.29 Å². The van der Waals surface area contributed by atoms with Gasteiger partial charge in [0.15, 0.2) is 0 Å². The van der Waals surface area contributed by atoms with Crippen LogP contribution >= 0.6 is 11.6 Å². The normalized spacial score (nSPS) is 16.6. The Morgan fingerprint density at radius 1 is 1.35 bits per heavy atom. The second kappa shape index (κ2) is 9.55. The molecule has 0 radical (unpaired) electrons. The summed E-state index contributed by atoms with van der Waals surface area (Å²) in [5.41, 5.74) is 1.52. The maximum atomic E-state index is 11.5. The third kappa shape index (κ3) is 4.98. The highest BCUT2D eigenvalue weighted by Gasteiger charge is 2.36. The molecule has 0 spiro atoms. The molecule has 0 aromatic carbocycles. The monoisotopic (exact) mass is 313 g/mol. The smallest absolute Gasteiger partial charge is 0.341 e.